The normalized spacial score (nSPS) is 10.5. The van der Waals surface area contributed by atoms with Crippen molar-refractivity contribution in [1.29, 1.82) is 0 Å². The van der Waals surface area contributed by atoms with Crippen LogP contribution in [0.1, 0.15) is 54.4 Å². The van der Waals surface area contributed by atoms with Gasteiger partial charge in [-0.05, 0) is 68.7 Å². The molecule has 0 spiro atoms. The molecule has 1 aromatic carbocycles. The van der Waals surface area contributed by atoms with Crippen molar-refractivity contribution in [3.63, 3.8) is 0 Å². The first-order chi connectivity index (χ1) is 8.15. The second-order valence-corrected chi connectivity index (χ2v) is 5.10. The summed E-state index contributed by atoms with van der Waals surface area (Å²) in [5, 5.41) is 0. The lowest BCUT2D eigenvalue weighted by molar-refractivity contribution is 0.646. The summed E-state index contributed by atoms with van der Waals surface area (Å²) in [6, 6.07) is 4.71. The lowest BCUT2D eigenvalue weighted by atomic mass is 9.97. The summed E-state index contributed by atoms with van der Waals surface area (Å²) in [6.07, 6.45) is 9.73. The van der Waals surface area contributed by atoms with Gasteiger partial charge in [0.25, 0.3) is 0 Å². The van der Waals surface area contributed by atoms with Gasteiger partial charge >= 0.3 is 0 Å². The van der Waals surface area contributed by atoms with E-state index in [1.807, 2.05) is 6.08 Å². The molecule has 0 aliphatic carbocycles. The second kappa shape index (κ2) is 7.32. The molecule has 0 amide bonds. The summed E-state index contributed by atoms with van der Waals surface area (Å²) in [4.78, 5) is 0. The molecule has 0 aliphatic heterocycles. The highest BCUT2D eigenvalue weighted by Crippen LogP contribution is 2.17. The Hall–Kier alpha value is -1.04. The van der Waals surface area contributed by atoms with Gasteiger partial charge in [0, 0.05) is 0 Å². The van der Waals surface area contributed by atoms with Crippen LogP contribution in [0.15, 0.2) is 24.8 Å². The zero-order valence-corrected chi connectivity index (χ0v) is 11.7. The third kappa shape index (κ3) is 4.77. The minimum absolute atomic E-state index is 1.17. The largest absolute Gasteiger partial charge is 0.103 e. The number of hydrogen-bond donors (Lipinski definition) is 0. The summed E-state index contributed by atoms with van der Waals surface area (Å²) < 4.78 is 0. The van der Waals surface area contributed by atoms with Gasteiger partial charge in [-0.1, -0.05) is 31.1 Å². The van der Waals surface area contributed by atoms with E-state index in [0.717, 1.165) is 0 Å². The molecular weight excluding hydrogens is 204 g/mol. The molecule has 17 heavy (non-hydrogen) atoms. The molecule has 0 fully saturated rings. The van der Waals surface area contributed by atoms with Crippen molar-refractivity contribution in [2.24, 2.45) is 0 Å². The predicted octanol–water partition coefficient (Wildman–Crippen LogP) is 5.29. The van der Waals surface area contributed by atoms with E-state index in [1.54, 1.807) is 0 Å². The van der Waals surface area contributed by atoms with E-state index in [-0.39, 0.29) is 0 Å². The van der Waals surface area contributed by atoms with Crippen LogP contribution in [0.2, 0.25) is 0 Å². The molecule has 0 N–H and O–H groups in total. The number of benzene rings is 1. The fourth-order valence-electron chi connectivity index (χ4n) is 2.24. The van der Waals surface area contributed by atoms with Gasteiger partial charge in [-0.3, -0.25) is 0 Å². The van der Waals surface area contributed by atoms with Gasteiger partial charge in [0.2, 0.25) is 0 Å². The molecule has 0 saturated carbocycles. The Morgan fingerprint density at radius 2 is 1.53 bits per heavy atom. The SMILES string of the molecule is C=CCCCCCCc1cc(C)c(C)c(C)c1. The van der Waals surface area contributed by atoms with Crippen LogP contribution in [0, 0.1) is 20.8 Å². The van der Waals surface area contributed by atoms with E-state index < -0.39 is 0 Å². The van der Waals surface area contributed by atoms with Crippen molar-refractivity contribution >= 4 is 0 Å². The van der Waals surface area contributed by atoms with E-state index in [2.05, 4.69) is 39.5 Å². The standard InChI is InChI=1S/C17H26/c1-5-6-7-8-9-10-11-17-12-14(2)16(4)15(3)13-17/h5,12-13H,1,6-11H2,2-4H3. The topological polar surface area (TPSA) is 0 Å². The number of aryl methyl sites for hydroxylation is 3. The van der Waals surface area contributed by atoms with E-state index >= 15 is 0 Å². The Balaban J connectivity index is 2.34. The smallest absolute Gasteiger partial charge is 0.0279 e. The van der Waals surface area contributed by atoms with Gasteiger partial charge in [-0.25, -0.2) is 0 Å². The monoisotopic (exact) mass is 230 g/mol. The number of rotatable bonds is 7. The summed E-state index contributed by atoms with van der Waals surface area (Å²) >= 11 is 0. The molecule has 1 rings (SSSR count). The molecule has 0 saturated heterocycles. The van der Waals surface area contributed by atoms with Crippen LogP contribution >= 0.6 is 0 Å². The third-order valence-electron chi connectivity index (χ3n) is 3.61. The molecular formula is C17H26. The predicted molar refractivity (Wildman–Crippen MR) is 77.6 cm³/mol. The fraction of sp³-hybridized carbons (Fsp3) is 0.529. The van der Waals surface area contributed by atoms with Crippen molar-refractivity contribution in [3.05, 3.63) is 47.0 Å². The number of unbranched alkanes of at least 4 members (excludes halogenated alkanes) is 4. The quantitative estimate of drug-likeness (QED) is 0.441. The number of allylic oxidation sites excluding steroid dienone is 1. The Bertz CT molecular complexity index is 337. The van der Waals surface area contributed by atoms with Crippen molar-refractivity contribution < 1.29 is 0 Å². The molecule has 0 aromatic heterocycles. The van der Waals surface area contributed by atoms with Gasteiger partial charge in [0.15, 0.2) is 0 Å². The molecule has 94 valence electrons. The van der Waals surface area contributed by atoms with E-state index in [9.17, 15) is 0 Å². The van der Waals surface area contributed by atoms with Crippen LogP contribution in [0.25, 0.3) is 0 Å². The molecule has 0 atom stereocenters. The Labute approximate surface area is 107 Å². The maximum Gasteiger partial charge on any atom is -0.0279 e. The fourth-order valence-corrected chi connectivity index (χ4v) is 2.24. The third-order valence-corrected chi connectivity index (χ3v) is 3.61. The first-order valence-electron chi connectivity index (χ1n) is 6.82. The van der Waals surface area contributed by atoms with Crippen LogP contribution < -0.4 is 0 Å². The van der Waals surface area contributed by atoms with Gasteiger partial charge in [0.05, 0.1) is 0 Å². The second-order valence-electron chi connectivity index (χ2n) is 5.10. The van der Waals surface area contributed by atoms with E-state index in [1.165, 1.54) is 60.8 Å². The maximum absolute atomic E-state index is 3.75. The summed E-state index contributed by atoms with van der Waals surface area (Å²) in [5.74, 6) is 0. The molecule has 0 radical (unpaired) electrons. The van der Waals surface area contributed by atoms with Crippen LogP contribution in [0.5, 0.6) is 0 Å². The van der Waals surface area contributed by atoms with Crippen molar-refractivity contribution in [2.45, 2.75) is 59.3 Å². The Morgan fingerprint density at radius 1 is 0.941 bits per heavy atom. The Kier molecular flexibility index (Phi) is 6.04. The maximum atomic E-state index is 3.75. The van der Waals surface area contributed by atoms with Gasteiger partial charge in [0.1, 0.15) is 0 Å². The highest BCUT2D eigenvalue weighted by atomic mass is 14.1. The summed E-state index contributed by atoms with van der Waals surface area (Å²) in [7, 11) is 0. The molecule has 0 unspecified atom stereocenters. The number of hydrogen-bond acceptors (Lipinski definition) is 0. The zero-order chi connectivity index (χ0) is 12.7. The van der Waals surface area contributed by atoms with Gasteiger partial charge in [-0.2, -0.15) is 0 Å². The molecule has 0 aliphatic rings. The van der Waals surface area contributed by atoms with Crippen LogP contribution in [-0.4, -0.2) is 0 Å². The van der Waals surface area contributed by atoms with Crippen molar-refractivity contribution in [3.8, 4) is 0 Å². The summed E-state index contributed by atoms with van der Waals surface area (Å²) in [6.45, 7) is 10.4. The lowest BCUT2D eigenvalue weighted by Crippen LogP contribution is -1.92. The molecule has 1 aromatic rings. The van der Waals surface area contributed by atoms with Gasteiger partial charge in [-0.15, -0.1) is 6.58 Å². The highest BCUT2D eigenvalue weighted by molar-refractivity contribution is 5.36. The molecule has 0 heteroatoms. The molecule has 0 heterocycles. The lowest BCUT2D eigenvalue weighted by Gasteiger charge is -2.09. The van der Waals surface area contributed by atoms with Crippen molar-refractivity contribution in [2.75, 3.05) is 0 Å². The van der Waals surface area contributed by atoms with Gasteiger partial charge < -0.3 is 0 Å². The first kappa shape index (κ1) is 14.0. The van der Waals surface area contributed by atoms with Crippen LogP contribution in [0.3, 0.4) is 0 Å². The van der Waals surface area contributed by atoms with Crippen molar-refractivity contribution in [1.82, 2.24) is 0 Å². The first-order valence-corrected chi connectivity index (χ1v) is 6.82. The molecule has 0 bridgehead atoms. The van der Waals surface area contributed by atoms with E-state index in [4.69, 9.17) is 0 Å². The minimum Gasteiger partial charge on any atom is -0.103 e. The molecule has 0 nitrogen and oxygen atoms in total. The highest BCUT2D eigenvalue weighted by Gasteiger charge is 2.00. The van der Waals surface area contributed by atoms with E-state index in [0.29, 0.717) is 0 Å². The zero-order valence-electron chi connectivity index (χ0n) is 11.7. The average Bonchev–Trinajstić information content (AvgIpc) is 2.30. The van der Waals surface area contributed by atoms with Crippen LogP contribution in [-0.2, 0) is 6.42 Å². The summed E-state index contributed by atoms with van der Waals surface area (Å²) in [5.41, 5.74) is 5.83. The Morgan fingerprint density at radius 3 is 2.12 bits per heavy atom. The minimum atomic E-state index is 1.17. The van der Waals surface area contributed by atoms with Crippen LogP contribution in [0.4, 0.5) is 0 Å². The average molecular weight is 230 g/mol.